The number of carbonyl (C=O) groups excluding carboxylic acids is 2. The third kappa shape index (κ3) is 3.11. The first-order valence-electron chi connectivity index (χ1n) is 7.95. The number of amides is 2. The highest BCUT2D eigenvalue weighted by Crippen LogP contribution is 2.28. The molecule has 1 aliphatic heterocycles. The first kappa shape index (κ1) is 16.1. The zero-order valence-corrected chi connectivity index (χ0v) is 13.8. The topological polar surface area (TPSA) is 58.6 Å². The predicted molar refractivity (Wildman–Crippen MR) is 93.7 cm³/mol. The number of benzene rings is 2. The zero-order valence-electron chi connectivity index (χ0n) is 13.8. The Kier molecular flexibility index (Phi) is 4.51. The van der Waals surface area contributed by atoms with E-state index in [1.54, 1.807) is 23.1 Å². The van der Waals surface area contributed by atoms with Crippen LogP contribution >= 0.6 is 0 Å². The lowest BCUT2D eigenvalue weighted by Crippen LogP contribution is -2.24. The van der Waals surface area contributed by atoms with E-state index in [0.29, 0.717) is 23.4 Å². The molecule has 1 fully saturated rings. The summed E-state index contributed by atoms with van der Waals surface area (Å²) in [6.07, 6.45) is 1.50. The van der Waals surface area contributed by atoms with Gasteiger partial charge in [-0.2, -0.15) is 0 Å². The van der Waals surface area contributed by atoms with Crippen LogP contribution in [-0.2, 0) is 4.79 Å². The van der Waals surface area contributed by atoms with Crippen molar-refractivity contribution in [1.29, 1.82) is 0 Å². The third-order valence-corrected chi connectivity index (χ3v) is 4.17. The molecule has 2 aromatic carbocycles. The standard InChI is InChI=1S/C19H20N2O3/c1-13-12-14(9-10-16(13)21-11-5-8-18(21)22)20-19(23)15-6-3-4-7-17(15)24-2/h3-4,6-7,9-10,12H,5,8,11H2,1-2H3,(H,20,23). The van der Waals surface area contributed by atoms with E-state index in [1.165, 1.54) is 7.11 Å². The largest absolute Gasteiger partial charge is 0.496 e. The SMILES string of the molecule is COc1ccccc1C(=O)Nc1ccc(N2CCCC2=O)c(C)c1. The van der Waals surface area contributed by atoms with Gasteiger partial charge >= 0.3 is 0 Å². The summed E-state index contributed by atoms with van der Waals surface area (Å²) in [5.74, 6) is 0.465. The second kappa shape index (κ2) is 6.74. The Bertz CT molecular complexity index is 786. The number of nitrogens with zero attached hydrogens (tertiary/aromatic N) is 1. The van der Waals surface area contributed by atoms with Gasteiger partial charge in [0.2, 0.25) is 5.91 Å². The first-order valence-corrected chi connectivity index (χ1v) is 7.95. The molecule has 0 spiro atoms. The van der Waals surface area contributed by atoms with Crippen LogP contribution in [0.25, 0.3) is 0 Å². The number of aryl methyl sites for hydroxylation is 1. The first-order chi connectivity index (χ1) is 11.6. The van der Waals surface area contributed by atoms with Gasteiger partial charge in [-0.25, -0.2) is 0 Å². The highest BCUT2D eigenvalue weighted by atomic mass is 16.5. The lowest BCUT2D eigenvalue weighted by atomic mass is 10.1. The van der Waals surface area contributed by atoms with E-state index < -0.39 is 0 Å². The van der Waals surface area contributed by atoms with Gasteiger partial charge in [-0.3, -0.25) is 9.59 Å². The molecule has 0 unspecified atom stereocenters. The van der Waals surface area contributed by atoms with E-state index in [4.69, 9.17) is 4.74 Å². The lowest BCUT2D eigenvalue weighted by Gasteiger charge is -2.19. The molecule has 0 aromatic heterocycles. The second-order valence-electron chi connectivity index (χ2n) is 5.80. The fraction of sp³-hybridized carbons (Fsp3) is 0.263. The quantitative estimate of drug-likeness (QED) is 0.938. The van der Waals surface area contributed by atoms with Crippen LogP contribution in [0.2, 0.25) is 0 Å². The van der Waals surface area contributed by atoms with Crippen LogP contribution in [-0.4, -0.2) is 25.5 Å². The number of anilines is 2. The third-order valence-electron chi connectivity index (χ3n) is 4.17. The number of nitrogens with one attached hydrogen (secondary N) is 1. The van der Waals surface area contributed by atoms with Crippen molar-refractivity contribution in [2.24, 2.45) is 0 Å². The highest BCUT2D eigenvalue weighted by molar-refractivity contribution is 6.06. The summed E-state index contributed by atoms with van der Waals surface area (Å²) in [6, 6.07) is 12.7. The molecule has 5 nitrogen and oxygen atoms in total. The monoisotopic (exact) mass is 324 g/mol. The molecule has 1 N–H and O–H groups in total. The van der Waals surface area contributed by atoms with Crippen molar-refractivity contribution in [3.8, 4) is 5.75 Å². The maximum absolute atomic E-state index is 12.4. The van der Waals surface area contributed by atoms with Crippen molar-refractivity contribution in [3.05, 3.63) is 53.6 Å². The molecule has 0 saturated carbocycles. The molecule has 1 saturated heterocycles. The summed E-state index contributed by atoms with van der Waals surface area (Å²) in [5, 5.41) is 2.88. The number of hydrogen-bond donors (Lipinski definition) is 1. The lowest BCUT2D eigenvalue weighted by molar-refractivity contribution is -0.117. The van der Waals surface area contributed by atoms with E-state index in [1.807, 2.05) is 31.2 Å². The predicted octanol–water partition coefficient (Wildman–Crippen LogP) is 3.38. The van der Waals surface area contributed by atoms with Crippen LogP contribution in [0.15, 0.2) is 42.5 Å². The van der Waals surface area contributed by atoms with Crippen molar-refractivity contribution in [1.82, 2.24) is 0 Å². The van der Waals surface area contributed by atoms with Gasteiger partial charge < -0.3 is 15.0 Å². The summed E-state index contributed by atoms with van der Waals surface area (Å²) in [6.45, 7) is 2.70. The fourth-order valence-corrected chi connectivity index (χ4v) is 2.97. The summed E-state index contributed by atoms with van der Waals surface area (Å²) >= 11 is 0. The Morgan fingerprint density at radius 1 is 1.21 bits per heavy atom. The van der Waals surface area contributed by atoms with Crippen LogP contribution in [0, 0.1) is 6.92 Å². The number of para-hydroxylation sites is 1. The van der Waals surface area contributed by atoms with Gasteiger partial charge in [-0.1, -0.05) is 12.1 Å². The summed E-state index contributed by atoms with van der Waals surface area (Å²) < 4.78 is 5.22. The maximum atomic E-state index is 12.4. The Morgan fingerprint density at radius 2 is 2.00 bits per heavy atom. The molecule has 0 radical (unpaired) electrons. The number of hydrogen-bond acceptors (Lipinski definition) is 3. The van der Waals surface area contributed by atoms with Crippen molar-refractivity contribution >= 4 is 23.2 Å². The summed E-state index contributed by atoms with van der Waals surface area (Å²) in [7, 11) is 1.54. The van der Waals surface area contributed by atoms with Crippen LogP contribution in [0.1, 0.15) is 28.8 Å². The average Bonchev–Trinajstić information content (AvgIpc) is 3.00. The molecular weight excluding hydrogens is 304 g/mol. The Labute approximate surface area is 141 Å². The van der Waals surface area contributed by atoms with E-state index in [2.05, 4.69) is 5.32 Å². The average molecular weight is 324 g/mol. The van der Waals surface area contributed by atoms with Gasteiger partial charge in [0.1, 0.15) is 5.75 Å². The van der Waals surface area contributed by atoms with Gasteiger partial charge in [0.15, 0.2) is 0 Å². The van der Waals surface area contributed by atoms with E-state index in [0.717, 1.165) is 24.2 Å². The number of methoxy groups -OCH3 is 1. The Balaban J connectivity index is 1.80. The van der Waals surface area contributed by atoms with Crippen molar-refractivity contribution < 1.29 is 14.3 Å². The molecule has 0 bridgehead atoms. The smallest absolute Gasteiger partial charge is 0.259 e. The van der Waals surface area contributed by atoms with E-state index in [-0.39, 0.29) is 11.8 Å². The summed E-state index contributed by atoms with van der Waals surface area (Å²) in [4.78, 5) is 26.1. The van der Waals surface area contributed by atoms with Crippen LogP contribution in [0.4, 0.5) is 11.4 Å². The minimum absolute atomic E-state index is 0.156. The minimum atomic E-state index is -0.225. The number of ether oxygens (including phenoxy) is 1. The molecular formula is C19H20N2O3. The molecule has 0 atom stereocenters. The summed E-state index contributed by atoms with van der Waals surface area (Å²) in [5.41, 5.74) is 3.05. The van der Waals surface area contributed by atoms with Crippen LogP contribution < -0.4 is 15.0 Å². The van der Waals surface area contributed by atoms with E-state index >= 15 is 0 Å². The van der Waals surface area contributed by atoms with Crippen molar-refractivity contribution in [3.63, 3.8) is 0 Å². The van der Waals surface area contributed by atoms with Crippen molar-refractivity contribution in [2.75, 3.05) is 23.9 Å². The van der Waals surface area contributed by atoms with Gasteiger partial charge in [-0.15, -0.1) is 0 Å². The molecule has 1 heterocycles. The molecule has 3 rings (SSSR count). The normalized spacial score (nSPS) is 13.9. The molecule has 0 aliphatic carbocycles. The Morgan fingerprint density at radius 3 is 2.67 bits per heavy atom. The zero-order chi connectivity index (χ0) is 17.1. The molecule has 5 heteroatoms. The van der Waals surface area contributed by atoms with Gasteiger partial charge in [-0.05, 0) is 49.2 Å². The number of carbonyl (C=O) groups is 2. The fourth-order valence-electron chi connectivity index (χ4n) is 2.97. The van der Waals surface area contributed by atoms with Gasteiger partial charge in [0, 0.05) is 24.3 Å². The molecule has 24 heavy (non-hydrogen) atoms. The number of rotatable bonds is 4. The van der Waals surface area contributed by atoms with Gasteiger partial charge in [0.25, 0.3) is 5.91 Å². The second-order valence-corrected chi connectivity index (χ2v) is 5.80. The molecule has 2 amide bonds. The van der Waals surface area contributed by atoms with Gasteiger partial charge in [0.05, 0.1) is 12.7 Å². The molecule has 124 valence electrons. The molecule has 1 aliphatic rings. The Hall–Kier alpha value is -2.82. The van der Waals surface area contributed by atoms with Crippen LogP contribution in [0.5, 0.6) is 5.75 Å². The van der Waals surface area contributed by atoms with Crippen LogP contribution in [0.3, 0.4) is 0 Å². The highest BCUT2D eigenvalue weighted by Gasteiger charge is 2.23. The van der Waals surface area contributed by atoms with E-state index in [9.17, 15) is 9.59 Å². The molecule has 2 aromatic rings. The maximum Gasteiger partial charge on any atom is 0.259 e. The minimum Gasteiger partial charge on any atom is -0.496 e. The van der Waals surface area contributed by atoms with Crippen molar-refractivity contribution in [2.45, 2.75) is 19.8 Å².